The predicted molar refractivity (Wildman–Crippen MR) is 34.7 cm³/mol. The molecule has 0 aliphatic rings. The van der Waals surface area contributed by atoms with Crippen molar-refractivity contribution in [3.05, 3.63) is 6.33 Å². The third kappa shape index (κ3) is 1.81. The Labute approximate surface area is 56.9 Å². The molecule has 0 spiro atoms. The van der Waals surface area contributed by atoms with Crippen molar-refractivity contribution in [1.29, 1.82) is 0 Å². The molecule has 1 aromatic rings. The van der Waals surface area contributed by atoms with Crippen LogP contribution in [0.3, 0.4) is 0 Å². The molecule has 44 valence electrons. The SMILES string of the molecule is [B]C(=O)Nc1ncns1. The molecule has 0 atom stereocenters. The van der Waals surface area contributed by atoms with Gasteiger partial charge in [-0.25, -0.2) is 4.98 Å². The zero-order valence-corrected chi connectivity index (χ0v) is 5.18. The Morgan fingerprint density at radius 1 is 1.89 bits per heavy atom. The summed E-state index contributed by atoms with van der Waals surface area (Å²) in [5, 5.41) is 2.69. The maximum atomic E-state index is 10.1. The predicted octanol–water partition coefficient (Wildman–Crippen LogP) is 0.238. The third-order valence-electron chi connectivity index (χ3n) is 0.591. The van der Waals surface area contributed by atoms with Crippen LogP contribution >= 0.6 is 11.5 Å². The van der Waals surface area contributed by atoms with Gasteiger partial charge in [0, 0.05) is 11.5 Å². The maximum Gasteiger partial charge on any atom is 0.208 e. The highest BCUT2D eigenvalue weighted by molar-refractivity contribution is 7.10. The van der Waals surface area contributed by atoms with Crippen molar-refractivity contribution in [2.75, 3.05) is 5.32 Å². The molecule has 1 aromatic heterocycles. The second kappa shape index (κ2) is 2.59. The molecule has 1 N–H and O–H groups in total. The van der Waals surface area contributed by atoms with Gasteiger partial charge in [-0.15, -0.1) is 0 Å². The molecule has 9 heavy (non-hydrogen) atoms. The number of aromatic nitrogens is 2. The first-order chi connectivity index (χ1) is 4.29. The van der Waals surface area contributed by atoms with Crippen LogP contribution in [-0.4, -0.2) is 23.0 Å². The Bertz CT molecular complexity index is 199. The van der Waals surface area contributed by atoms with Crippen molar-refractivity contribution in [3.63, 3.8) is 0 Å². The molecule has 4 nitrogen and oxygen atoms in total. The first kappa shape index (κ1) is 6.22. The Morgan fingerprint density at radius 3 is 3.11 bits per heavy atom. The van der Waals surface area contributed by atoms with Crippen molar-refractivity contribution in [1.82, 2.24) is 9.36 Å². The van der Waals surface area contributed by atoms with Crippen LogP contribution in [0, 0.1) is 0 Å². The maximum absolute atomic E-state index is 10.1. The van der Waals surface area contributed by atoms with Crippen molar-refractivity contribution in [2.24, 2.45) is 0 Å². The standard InChI is InChI=1S/C3H2BN3OS/c4-2(8)7-3-5-1-6-9-3/h1H,(H,5,6,7,8). The van der Waals surface area contributed by atoms with E-state index >= 15 is 0 Å². The lowest BCUT2D eigenvalue weighted by Gasteiger charge is -1.90. The summed E-state index contributed by atoms with van der Waals surface area (Å²) in [4.78, 5) is 13.8. The van der Waals surface area contributed by atoms with Crippen LogP contribution in [0.5, 0.6) is 0 Å². The fourth-order valence-corrected chi connectivity index (χ4v) is 0.768. The lowest BCUT2D eigenvalue weighted by Crippen LogP contribution is -2.07. The summed E-state index contributed by atoms with van der Waals surface area (Å²) in [6.45, 7) is 0. The van der Waals surface area contributed by atoms with Crippen molar-refractivity contribution in [3.8, 4) is 0 Å². The van der Waals surface area contributed by atoms with Gasteiger partial charge in [0.25, 0.3) is 0 Å². The minimum atomic E-state index is -0.619. The summed E-state index contributed by atoms with van der Waals surface area (Å²) in [6.07, 6.45) is 1.34. The van der Waals surface area contributed by atoms with Gasteiger partial charge in [-0.1, -0.05) is 0 Å². The fraction of sp³-hybridized carbons (Fsp3) is 0. The van der Waals surface area contributed by atoms with E-state index in [1.165, 1.54) is 6.33 Å². The molecule has 1 rings (SSSR count). The molecule has 0 aromatic carbocycles. The molecule has 0 bridgehead atoms. The average molecular weight is 139 g/mol. The first-order valence-corrected chi connectivity index (χ1v) is 2.89. The molecule has 0 unspecified atom stereocenters. The second-order valence-electron chi connectivity index (χ2n) is 1.24. The lowest BCUT2D eigenvalue weighted by atomic mass is 10.1. The lowest BCUT2D eigenvalue weighted by molar-refractivity contribution is 0.269. The molecule has 1 amide bonds. The van der Waals surface area contributed by atoms with E-state index in [9.17, 15) is 4.79 Å². The molecule has 6 heteroatoms. The number of hydrogen-bond donors (Lipinski definition) is 1. The van der Waals surface area contributed by atoms with Gasteiger partial charge in [0.05, 0.1) is 0 Å². The molecule has 0 saturated carbocycles. The van der Waals surface area contributed by atoms with E-state index in [4.69, 9.17) is 7.85 Å². The highest BCUT2D eigenvalue weighted by Crippen LogP contribution is 2.04. The van der Waals surface area contributed by atoms with Crippen LogP contribution in [-0.2, 0) is 0 Å². The molecule has 0 aliphatic heterocycles. The number of nitrogens with one attached hydrogen (secondary N) is 1. The normalized spacial score (nSPS) is 8.89. The van der Waals surface area contributed by atoms with Gasteiger partial charge >= 0.3 is 0 Å². The monoisotopic (exact) mass is 139 g/mol. The van der Waals surface area contributed by atoms with Gasteiger partial charge in [0.1, 0.15) is 6.33 Å². The van der Waals surface area contributed by atoms with E-state index in [1.54, 1.807) is 0 Å². The number of carbonyl (C=O) groups excluding carboxylic acids is 1. The number of rotatable bonds is 1. The smallest absolute Gasteiger partial charge is 0.208 e. The number of amides is 1. The van der Waals surface area contributed by atoms with Gasteiger partial charge in [-0.2, -0.15) is 4.37 Å². The zero-order valence-electron chi connectivity index (χ0n) is 4.37. The molecular weight excluding hydrogens is 137 g/mol. The summed E-state index contributed by atoms with van der Waals surface area (Å²) < 4.78 is 3.64. The Kier molecular flexibility index (Phi) is 1.79. The van der Waals surface area contributed by atoms with E-state index in [0.29, 0.717) is 5.13 Å². The molecule has 0 saturated heterocycles. The zero-order chi connectivity index (χ0) is 6.69. The van der Waals surface area contributed by atoms with Crippen LogP contribution in [0.1, 0.15) is 0 Å². The highest BCUT2D eigenvalue weighted by Gasteiger charge is 1.94. The van der Waals surface area contributed by atoms with Gasteiger partial charge in [0.15, 0.2) is 5.81 Å². The van der Waals surface area contributed by atoms with Crippen molar-refractivity contribution < 1.29 is 4.79 Å². The summed E-state index contributed by atoms with van der Waals surface area (Å²) in [5.41, 5.74) is 0. The van der Waals surface area contributed by atoms with E-state index in [-0.39, 0.29) is 0 Å². The summed E-state index contributed by atoms with van der Waals surface area (Å²) in [5.74, 6) is -0.619. The topological polar surface area (TPSA) is 54.9 Å². The van der Waals surface area contributed by atoms with Crippen molar-refractivity contribution >= 4 is 30.3 Å². The van der Waals surface area contributed by atoms with Gasteiger partial charge < -0.3 is 5.32 Å². The van der Waals surface area contributed by atoms with Crippen LogP contribution in [0.25, 0.3) is 0 Å². The highest BCUT2D eigenvalue weighted by atomic mass is 32.1. The Morgan fingerprint density at radius 2 is 2.67 bits per heavy atom. The quantitative estimate of drug-likeness (QED) is 0.566. The van der Waals surface area contributed by atoms with Crippen LogP contribution < -0.4 is 5.32 Å². The number of nitrogens with zero attached hydrogens (tertiary/aromatic N) is 2. The molecule has 2 radical (unpaired) electrons. The van der Waals surface area contributed by atoms with E-state index in [1.807, 2.05) is 0 Å². The number of hydrogen-bond acceptors (Lipinski definition) is 4. The van der Waals surface area contributed by atoms with Crippen LogP contribution in [0.2, 0.25) is 0 Å². The average Bonchev–Trinajstić information content (AvgIpc) is 2.15. The molecule has 0 fully saturated rings. The second-order valence-corrected chi connectivity index (χ2v) is 2.02. The van der Waals surface area contributed by atoms with Gasteiger partial charge in [-0.05, 0) is 0 Å². The van der Waals surface area contributed by atoms with Gasteiger partial charge in [0.2, 0.25) is 13.0 Å². The first-order valence-electron chi connectivity index (χ1n) is 2.12. The summed E-state index contributed by atoms with van der Waals surface area (Å²) in [7, 11) is 4.77. The van der Waals surface area contributed by atoms with E-state index in [0.717, 1.165) is 11.5 Å². The van der Waals surface area contributed by atoms with Crippen LogP contribution in [0.15, 0.2) is 6.33 Å². The van der Waals surface area contributed by atoms with Crippen molar-refractivity contribution in [2.45, 2.75) is 0 Å². The summed E-state index contributed by atoms with van der Waals surface area (Å²) >= 11 is 1.08. The van der Waals surface area contributed by atoms with E-state index < -0.39 is 5.81 Å². The number of anilines is 1. The fourth-order valence-electron chi connectivity index (χ4n) is 0.334. The molecule has 1 heterocycles. The van der Waals surface area contributed by atoms with Crippen LogP contribution in [0.4, 0.5) is 9.93 Å². The minimum absolute atomic E-state index is 0.419. The Balaban J connectivity index is 2.58. The van der Waals surface area contributed by atoms with E-state index in [2.05, 4.69) is 14.7 Å². The largest absolute Gasteiger partial charge is 0.311 e. The number of carbonyl (C=O) groups is 1. The van der Waals surface area contributed by atoms with Gasteiger partial charge in [-0.3, -0.25) is 4.79 Å². The molecule has 0 aliphatic carbocycles. The third-order valence-corrected chi connectivity index (χ3v) is 1.17. The molecular formula is C3H2BN3OS. The summed E-state index contributed by atoms with van der Waals surface area (Å²) in [6, 6.07) is 0. The Hall–Kier alpha value is -0.905. The minimum Gasteiger partial charge on any atom is -0.311 e.